The Morgan fingerprint density at radius 1 is 1.25 bits per heavy atom. The molecule has 0 bridgehead atoms. The lowest BCUT2D eigenvalue weighted by atomic mass is 10.1. The molecular weight excluding hydrogens is 254 g/mol. The number of anilines is 1. The number of nitrogens with zero attached hydrogens (tertiary/aromatic N) is 3. The molecule has 1 aromatic heterocycles. The summed E-state index contributed by atoms with van der Waals surface area (Å²) in [5.74, 6) is 0.903. The second-order valence-electron chi connectivity index (χ2n) is 5.27. The molecule has 5 heteroatoms. The zero-order chi connectivity index (χ0) is 15.1. The average molecular weight is 279 g/mol. The van der Waals surface area contributed by atoms with Crippen molar-refractivity contribution in [2.75, 3.05) is 18.6 Å². The van der Waals surface area contributed by atoms with E-state index in [9.17, 15) is 4.79 Å². The van der Waals surface area contributed by atoms with Crippen LogP contribution in [0.5, 0.6) is 0 Å². The molecule has 0 aliphatic carbocycles. The fourth-order valence-corrected chi connectivity index (χ4v) is 2.23. The zero-order valence-corrected chi connectivity index (χ0v) is 13.1. The van der Waals surface area contributed by atoms with Gasteiger partial charge in [-0.15, -0.1) is 0 Å². The van der Waals surface area contributed by atoms with E-state index in [0.29, 0.717) is 12.0 Å². The van der Waals surface area contributed by atoms with E-state index in [2.05, 4.69) is 47.3 Å². The van der Waals surface area contributed by atoms with Crippen molar-refractivity contribution in [2.45, 2.75) is 46.6 Å². The third-order valence-corrected chi connectivity index (χ3v) is 3.27. The van der Waals surface area contributed by atoms with Crippen molar-refractivity contribution in [3.8, 4) is 0 Å². The van der Waals surface area contributed by atoms with Gasteiger partial charge in [0.15, 0.2) is 5.69 Å². The smallest absolute Gasteiger partial charge is 0.358 e. The molecule has 20 heavy (non-hydrogen) atoms. The molecule has 5 nitrogen and oxygen atoms in total. The van der Waals surface area contributed by atoms with Crippen LogP contribution >= 0.6 is 0 Å². The van der Waals surface area contributed by atoms with Gasteiger partial charge in [-0.2, -0.15) is 0 Å². The molecule has 0 aliphatic heterocycles. The van der Waals surface area contributed by atoms with Crippen LogP contribution < -0.4 is 4.90 Å². The lowest BCUT2D eigenvalue weighted by molar-refractivity contribution is 0.0593. The molecular formula is C15H25N3O2. The Bertz CT molecular complexity index is 414. The Labute approximate surface area is 121 Å². The van der Waals surface area contributed by atoms with Crippen LogP contribution in [0.3, 0.4) is 0 Å². The highest BCUT2D eigenvalue weighted by Crippen LogP contribution is 2.19. The highest BCUT2D eigenvalue weighted by Gasteiger charge is 2.19. The van der Waals surface area contributed by atoms with Gasteiger partial charge in [-0.05, 0) is 18.8 Å². The molecule has 0 amide bonds. The first kappa shape index (κ1) is 16.4. The first-order chi connectivity index (χ1) is 9.53. The molecule has 0 unspecified atom stereocenters. The summed E-state index contributed by atoms with van der Waals surface area (Å²) in [6.45, 7) is 9.66. The minimum atomic E-state index is -0.456. The molecule has 1 aromatic rings. The van der Waals surface area contributed by atoms with Gasteiger partial charge >= 0.3 is 5.97 Å². The summed E-state index contributed by atoms with van der Waals surface area (Å²) in [7, 11) is 1.34. The van der Waals surface area contributed by atoms with Crippen LogP contribution in [0.25, 0.3) is 0 Å². The topological polar surface area (TPSA) is 55.3 Å². The van der Waals surface area contributed by atoms with E-state index < -0.39 is 5.97 Å². The summed E-state index contributed by atoms with van der Waals surface area (Å²) in [4.78, 5) is 22.2. The van der Waals surface area contributed by atoms with Crippen LogP contribution in [0.1, 0.15) is 51.0 Å². The molecule has 0 aromatic carbocycles. The lowest BCUT2D eigenvalue weighted by Gasteiger charge is -2.32. The Morgan fingerprint density at radius 3 is 2.30 bits per heavy atom. The van der Waals surface area contributed by atoms with Crippen LogP contribution in [-0.2, 0) is 4.74 Å². The quantitative estimate of drug-likeness (QED) is 0.718. The molecule has 1 heterocycles. The van der Waals surface area contributed by atoms with Gasteiger partial charge in [-0.25, -0.2) is 14.8 Å². The van der Waals surface area contributed by atoms with Crippen molar-refractivity contribution < 1.29 is 9.53 Å². The van der Waals surface area contributed by atoms with Crippen molar-refractivity contribution in [3.05, 3.63) is 18.1 Å². The second kappa shape index (κ2) is 7.82. The molecule has 0 radical (unpaired) electrons. The van der Waals surface area contributed by atoms with Crippen molar-refractivity contribution in [3.63, 3.8) is 0 Å². The number of carbonyl (C=O) groups excluding carboxylic acids is 1. The number of rotatable bonds is 7. The van der Waals surface area contributed by atoms with Gasteiger partial charge in [0.25, 0.3) is 0 Å². The number of aromatic nitrogens is 2. The minimum absolute atomic E-state index is 0.241. The van der Waals surface area contributed by atoms with Gasteiger partial charge in [-0.3, -0.25) is 0 Å². The summed E-state index contributed by atoms with van der Waals surface area (Å²) in [6, 6.07) is 0.440. The second-order valence-corrected chi connectivity index (χ2v) is 5.27. The number of hydrogen-bond acceptors (Lipinski definition) is 5. The van der Waals surface area contributed by atoms with Crippen LogP contribution in [0.15, 0.2) is 12.4 Å². The number of ether oxygens (including phenoxy) is 1. The van der Waals surface area contributed by atoms with E-state index in [1.807, 2.05) is 0 Å². The monoisotopic (exact) mass is 279 g/mol. The number of hydrogen-bond donors (Lipinski definition) is 0. The molecule has 0 aliphatic rings. The highest BCUT2D eigenvalue weighted by molar-refractivity contribution is 5.86. The molecule has 1 rings (SSSR count). The highest BCUT2D eigenvalue weighted by atomic mass is 16.5. The SMILES string of the molecule is CCC(CC)N(CC(C)C)c1cnc(C(=O)OC)cn1. The first-order valence-corrected chi connectivity index (χ1v) is 7.20. The third kappa shape index (κ3) is 4.18. The number of esters is 1. The molecule has 112 valence electrons. The maximum atomic E-state index is 11.4. The Morgan fingerprint density at radius 2 is 1.90 bits per heavy atom. The summed E-state index contributed by atoms with van der Waals surface area (Å²) >= 11 is 0. The number of methoxy groups -OCH3 is 1. The van der Waals surface area contributed by atoms with Gasteiger partial charge in [0, 0.05) is 12.6 Å². The molecule has 0 fully saturated rings. The average Bonchev–Trinajstić information content (AvgIpc) is 2.46. The minimum Gasteiger partial charge on any atom is -0.464 e. The van der Waals surface area contributed by atoms with E-state index in [1.165, 1.54) is 13.3 Å². The van der Waals surface area contributed by atoms with Crippen LogP contribution in [0.2, 0.25) is 0 Å². The largest absolute Gasteiger partial charge is 0.464 e. The fraction of sp³-hybridized carbons (Fsp3) is 0.667. The zero-order valence-electron chi connectivity index (χ0n) is 13.1. The predicted octanol–water partition coefficient (Wildman–Crippen LogP) is 2.91. The van der Waals surface area contributed by atoms with Gasteiger partial charge in [0.05, 0.1) is 19.5 Å². The Balaban J connectivity index is 2.98. The molecule has 0 saturated carbocycles. The Hall–Kier alpha value is -1.65. The van der Waals surface area contributed by atoms with Gasteiger partial charge in [0.2, 0.25) is 0 Å². The van der Waals surface area contributed by atoms with E-state index in [0.717, 1.165) is 25.2 Å². The summed E-state index contributed by atoms with van der Waals surface area (Å²) < 4.78 is 4.64. The Kier molecular flexibility index (Phi) is 6.42. The van der Waals surface area contributed by atoms with Crippen molar-refractivity contribution in [1.82, 2.24) is 9.97 Å². The van der Waals surface area contributed by atoms with Crippen molar-refractivity contribution >= 4 is 11.8 Å². The summed E-state index contributed by atoms with van der Waals surface area (Å²) in [6.07, 6.45) is 5.26. The molecule has 0 spiro atoms. The normalized spacial score (nSPS) is 10.9. The first-order valence-electron chi connectivity index (χ1n) is 7.20. The third-order valence-electron chi connectivity index (χ3n) is 3.27. The molecule has 0 atom stereocenters. The summed E-state index contributed by atoms with van der Waals surface area (Å²) in [5, 5.41) is 0. The van der Waals surface area contributed by atoms with E-state index >= 15 is 0 Å². The van der Waals surface area contributed by atoms with E-state index in [1.54, 1.807) is 6.20 Å². The maximum Gasteiger partial charge on any atom is 0.358 e. The maximum absolute atomic E-state index is 11.4. The standard InChI is InChI=1S/C15H25N3O2/c1-6-12(7-2)18(10-11(3)4)14-9-16-13(8-17-14)15(19)20-5/h8-9,11-12H,6-7,10H2,1-5H3. The van der Waals surface area contributed by atoms with Crippen molar-refractivity contribution in [2.24, 2.45) is 5.92 Å². The van der Waals surface area contributed by atoms with E-state index in [4.69, 9.17) is 0 Å². The van der Waals surface area contributed by atoms with Gasteiger partial charge in [-0.1, -0.05) is 27.7 Å². The summed E-state index contributed by atoms with van der Waals surface area (Å²) in [5.41, 5.74) is 0.241. The van der Waals surface area contributed by atoms with Gasteiger partial charge in [0.1, 0.15) is 5.82 Å². The van der Waals surface area contributed by atoms with E-state index in [-0.39, 0.29) is 5.69 Å². The van der Waals surface area contributed by atoms with Crippen molar-refractivity contribution in [1.29, 1.82) is 0 Å². The number of carbonyl (C=O) groups is 1. The fourth-order valence-electron chi connectivity index (χ4n) is 2.23. The predicted molar refractivity (Wildman–Crippen MR) is 79.9 cm³/mol. The molecule has 0 N–H and O–H groups in total. The van der Waals surface area contributed by atoms with Crippen LogP contribution in [0.4, 0.5) is 5.82 Å². The molecule has 0 saturated heterocycles. The van der Waals surface area contributed by atoms with Crippen LogP contribution in [-0.4, -0.2) is 35.6 Å². The lowest BCUT2D eigenvalue weighted by Crippen LogP contribution is -2.38. The van der Waals surface area contributed by atoms with Crippen LogP contribution in [0, 0.1) is 5.92 Å². The van der Waals surface area contributed by atoms with Gasteiger partial charge < -0.3 is 9.64 Å².